The highest BCUT2D eigenvalue weighted by Gasteiger charge is 2.34. The molecule has 1 saturated heterocycles. The second-order valence-corrected chi connectivity index (χ2v) is 11.8. The van der Waals surface area contributed by atoms with Crippen LogP contribution in [0.2, 0.25) is 0 Å². The number of carbonyl (C=O) groups excluding carboxylic acids is 5. The first-order valence-electron chi connectivity index (χ1n) is 15.3. The molecular weight excluding hydrogens is 580 g/mol. The summed E-state index contributed by atoms with van der Waals surface area (Å²) in [5.41, 5.74) is 8.17. The smallest absolute Gasteiger partial charge is 0.273 e. The number of anilines is 1. The van der Waals surface area contributed by atoms with Crippen LogP contribution in [0.25, 0.3) is 0 Å². The third kappa shape index (κ3) is 8.53. The van der Waals surface area contributed by atoms with Gasteiger partial charge in [-0.1, -0.05) is 44.2 Å². The molecule has 1 aliphatic carbocycles. The highest BCUT2D eigenvalue weighted by Crippen LogP contribution is 2.24. The molecule has 0 unspecified atom stereocenters. The molecular formula is C31H42N8O6. The topological polar surface area (TPSA) is 209 Å². The van der Waals surface area contributed by atoms with Gasteiger partial charge in [0.1, 0.15) is 23.8 Å². The van der Waals surface area contributed by atoms with E-state index in [-0.39, 0.29) is 37.1 Å². The standard InChI is InChI=1S/C31H42N8O6/c1-17(2)24-29(44)34-22(15-19-9-5-4-6-10-19)27(42)37-25(18(3)40)28(43)33-13-14-39(16-23(41)36-24)30(45)26-20-11-7-8-12-21(20)35-31(32)38-26/h4-6,9-10,17-18,22,24-25,40H,7-8,11-16H2,1-3H3,(H,33,43)(H,34,44)(H,36,41)(H,37,42)(H2,32,35,38)/t18-,22+,24-,25+/m1/s1. The van der Waals surface area contributed by atoms with E-state index in [0.717, 1.165) is 18.4 Å². The number of amides is 5. The Kier molecular flexibility index (Phi) is 11.0. The molecule has 2 aliphatic rings. The molecule has 1 aliphatic heterocycles. The largest absolute Gasteiger partial charge is 0.391 e. The van der Waals surface area contributed by atoms with Crippen LogP contribution >= 0.6 is 0 Å². The van der Waals surface area contributed by atoms with Gasteiger partial charge in [0.2, 0.25) is 29.6 Å². The minimum absolute atomic E-state index is 0.0489. The maximum absolute atomic E-state index is 13.9. The zero-order valence-electron chi connectivity index (χ0n) is 25.8. The van der Waals surface area contributed by atoms with E-state index in [0.29, 0.717) is 24.1 Å². The van der Waals surface area contributed by atoms with E-state index in [9.17, 15) is 29.1 Å². The Balaban J connectivity index is 1.66. The number of nitrogens with one attached hydrogen (secondary N) is 4. The van der Waals surface area contributed by atoms with Crippen LogP contribution < -0.4 is 27.0 Å². The lowest BCUT2D eigenvalue weighted by atomic mass is 9.94. The lowest BCUT2D eigenvalue weighted by Gasteiger charge is -2.27. The SMILES string of the molecule is CC(C)[C@H]1NC(=O)CN(C(=O)c2nc(N)nc3c2CCCC3)CCNC(=O)[C@H]([C@@H](C)O)NC(=O)[C@H](Cc2ccccc2)NC1=O. The number of benzene rings is 1. The van der Waals surface area contributed by atoms with Crippen molar-refractivity contribution in [2.24, 2.45) is 5.92 Å². The number of aliphatic hydroxyl groups is 1. The first-order chi connectivity index (χ1) is 21.4. The van der Waals surface area contributed by atoms with Crippen LogP contribution in [-0.2, 0) is 38.4 Å². The molecule has 1 aromatic carbocycles. The zero-order chi connectivity index (χ0) is 32.7. The van der Waals surface area contributed by atoms with Crippen molar-refractivity contribution in [1.82, 2.24) is 36.1 Å². The van der Waals surface area contributed by atoms with Gasteiger partial charge in [0.15, 0.2) is 0 Å². The quantitative estimate of drug-likeness (QED) is 0.247. The summed E-state index contributed by atoms with van der Waals surface area (Å²) in [6.45, 7) is 4.21. The monoisotopic (exact) mass is 622 g/mol. The van der Waals surface area contributed by atoms with Gasteiger partial charge in [0.25, 0.3) is 5.91 Å². The van der Waals surface area contributed by atoms with Gasteiger partial charge in [0.05, 0.1) is 12.6 Å². The van der Waals surface area contributed by atoms with Crippen LogP contribution in [0.1, 0.15) is 60.9 Å². The molecule has 4 atom stereocenters. The van der Waals surface area contributed by atoms with E-state index >= 15 is 0 Å². The van der Waals surface area contributed by atoms with Gasteiger partial charge >= 0.3 is 0 Å². The fourth-order valence-corrected chi connectivity index (χ4v) is 5.52. The molecule has 1 fully saturated rings. The number of aliphatic hydroxyl groups excluding tert-OH is 1. The lowest BCUT2D eigenvalue weighted by molar-refractivity contribution is -0.135. The van der Waals surface area contributed by atoms with E-state index in [2.05, 4.69) is 31.2 Å². The van der Waals surface area contributed by atoms with Gasteiger partial charge in [0, 0.05) is 30.8 Å². The molecule has 14 nitrogen and oxygen atoms in total. The molecule has 2 aromatic rings. The third-order valence-corrected chi connectivity index (χ3v) is 7.95. The van der Waals surface area contributed by atoms with Crippen molar-refractivity contribution in [3.8, 4) is 0 Å². The van der Waals surface area contributed by atoms with Crippen LogP contribution in [0.5, 0.6) is 0 Å². The number of nitrogens with zero attached hydrogens (tertiary/aromatic N) is 3. The number of nitrogen functional groups attached to an aromatic ring is 1. The van der Waals surface area contributed by atoms with E-state index in [1.165, 1.54) is 11.8 Å². The first-order valence-corrected chi connectivity index (χ1v) is 15.3. The van der Waals surface area contributed by atoms with E-state index in [1.54, 1.807) is 38.1 Å². The number of nitrogens with two attached hydrogens (primary N) is 1. The maximum atomic E-state index is 13.9. The average molecular weight is 623 g/mol. The van der Waals surface area contributed by atoms with Crippen molar-refractivity contribution in [3.63, 3.8) is 0 Å². The fraction of sp³-hybridized carbons (Fsp3) is 0.516. The van der Waals surface area contributed by atoms with Crippen molar-refractivity contribution in [2.45, 2.75) is 77.1 Å². The van der Waals surface area contributed by atoms with Crippen molar-refractivity contribution < 1.29 is 29.1 Å². The molecule has 0 bridgehead atoms. The van der Waals surface area contributed by atoms with Crippen molar-refractivity contribution in [3.05, 3.63) is 52.8 Å². The molecule has 5 amide bonds. The number of carbonyl (C=O) groups is 5. The van der Waals surface area contributed by atoms with E-state index < -0.39 is 60.3 Å². The van der Waals surface area contributed by atoms with Crippen molar-refractivity contribution >= 4 is 35.5 Å². The molecule has 242 valence electrons. The second-order valence-electron chi connectivity index (χ2n) is 11.8. The second kappa shape index (κ2) is 14.9. The van der Waals surface area contributed by atoms with E-state index in [1.807, 2.05) is 6.07 Å². The molecule has 4 rings (SSSR count). The average Bonchev–Trinajstić information content (AvgIpc) is 3.00. The van der Waals surface area contributed by atoms with Gasteiger partial charge in [-0.25, -0.2) is 9.97 Å². The summed E-state index contributed by atoms with van der Waals surface area (Å²) in [7, 11) is 0. The lowest BCUT2D eigenvalue weighted by Crippen LogP contribution is -2.60. The van der Waals surface area contributed by atoms with Crippen LogP contribution in [0.4, 0.5) is 5.95 Å². The summed E-state index contributed by atoms with van der Waals surface area (Å²) in [5.74, 6) is -3.59. The highest BCUT2D eigenvalue weighted by atomic mass is 16.3. The summed E-state index contributed by atoms with van der Waals surface area (Å²) >= 11 is 0. The Bertz CT molecular complexity index is 1420. The Labute approximate surface area is 261 Å². The molecule has 14 heteroatoms. The summed E-state index contributed by atoms with van der Waals surface area (Å²) in [6.07, 6.45) is 1.81. The van der Waals surface area contributed by atoms with Gasteiger partial charge in [-0.05, 0) is 44.1 Å². The summed E-state index contributed by atoms with van der Waals surface area (Å²) < 4.78 is 0. The number of aromatic nitrogens is 2. The zero-order valence-corrected chi connectivity index (χ0v) is 25.8. The minimum Gasteiger partial charge on any atom is -0.391 e. The number of hydrogen-bond donors (Lipinski definition) is 6. The Hall–Kier alpha value is -4.59. The molecule has 1 aromatic heterocycles. The molecule has 0 saturated carbocycles. The Morgan fingerprint density at radius 2 is 1.67 bits per heavy atom. The van der Waals surface area contributed by atoms with Crippen molar-refractivity contribution in [1.29, 1.82) is 0 Å². The normalized spacial score (nSPS) is 22.6. The Morgan fingerprint density at radius 3 is 2.36 bits per heavy atom. The van der Waals surface area contributed by atoms with Gasteiger partial charge in [-0.15, -0.1) is 0 Å². The first kappa shape index (κ1) is 33.3. The van der Waals surface area contributed by atoms with E-state index in [4.69, 9.17) is 5.73 Å². The van der Waals surface area contributed by atoms with Gasteiger partial charge in [-0.3, -0.25) is 24.0 Å². The molecule has 0 radical (unpaired) electrons. The van der Waals surface area contributed by atoms with Crippen molar-refractivity contribution in [2.75, 3.05) is 25.4 Å². The predicted molar refractivity (Wildman–Crippen MR) is 164 cm³/mol. The summed E-state index contributed by atoms with van der Waals surface area (Å²) in [4.78, 5) is 77.2. The fourth-order valence-electron chi connectivity index (χ4n) is 5.52. The third-order valence-electron chi connectivity index (χ3n) is 7.95. The molecule has 7 N–H and O–H groups in total. The predicted octanol–water partition coefficient (Wildman–Crippen LogP) is -0.756. The van der Waals surface area contributed by atoms with Gasteiger partial charge < -0.3 is 37.0 Å². The van der Waals surface area contributed by atoms with Crippen LogP contribution in [0.3, 0.4) is 0 Å². The molecule has 45 heavy (non-hydrogen) atoms. The number of hydrogen-bond acceptors (Lipinski definition) is 9. The summed E-state index contributed by atoms with van der Waals surface area (Å²) in [6, 6.07) is 5.49. The van der Waals surface area contributed by atoms with Crippen LogP contribution in [0, 0.1) is 5.92 Å². The highest BCUT2D eigenvalue weighted by molar-refractivity contribution is 5.98. The summed E-state index contributed by atoms with van der Waals surface area (Å²) in [5, 5.41) is 21.1. The number of aryl methyl sites for hydroxylation is 1. The molecule has 0 spiro atoms. The molecule has 2 heterocycles. The number of rotatable bonds is 5. The van der Waals surface area contributed by atoms with Gasteiger partial charge in [-0.2, -0.15) is 0 Å². The van der Waals surface area contributed by atoms with Crippen LogP contribution in [0.15, 0.2) is 30.3 Å². The maximum Gasteiger partial charge on any atom is 0.273 e. The minimum atomic E-state index is -1.35. The number of fused-ring (bicyclic) bond motifs is 1. The Morgan fingerprint density at radius 1 is 0.956 bits per heavy atom. The van der Waals surface area contributed by atoms with Crippen LogP contribution in [-0.4, -0.2) is 93.4 Å².